The predicted molar refractivity (Wildman–Crippen MR) is 88.7 cm³/mol. The number of aromatic nitrogens is 3. The molecule has 0 unspecified atom stereocenters. The van der Waals surface area contributed by atoms with Crippen molar-refractivity contribution in [2.24, 2.45) is 0 Å². The molecule has 0 aliphatic carbocycles. The molecule has 0 aliphatic rings. The summed E-state index contributed by atoms with van der Waals surface area (Å²) in [6, 6.07) is 13.2. The molecule has 0 aliphatic heterocycles. The van der Waals surface area contributed by atoms with Crippen LogP contribution in [0.25, 0.3) is 5.82 Å². The van der Waals surface area contributed by atoms with Gasteiger partial charge in [0.25, 0.3) is 0 Å². The van der Waals surface area contributed by atoms with E-state index in [0.717, 1.165) is 5.56 Å². The van der Waals surface area contributed by atoms with Gasteiger partial charge in [0.05, 0.1) is 5.56 Å². The topological polar surface area (TPSA) is 57.0 Å². The second-order valence-corrected chi connectivity index (χ2v) is 5.66. The Morgan fingerprint density at radius 2 is 2.04 bits per heavy atom. The number of benzene rings is 1. The maximum Gasteiger partial charge on any atom is 0.340 e. The summed E-state index contributed by atoms with van der Waals surface area (Å²) in [6.45, 7) is 0.244. The zero-order valence-corrected chi connectivity index (χ0v) is 13.4. The van der Waals surface area contributed by atoms with E-state index in [0.29, 0.717) is 11.4 Å². The third kappa shape index (κ3) is 3.78. The monoisotopic (exact) mass is 325 g/mol. The van der Waals surface area contributed by atoms with E-state index in [2.05, 4.69) is 10.1 Å². The molecular weight excluding hydrogens is 310 g/mol. The van der Waals surface area contributed by atoms with Crippen LogP contribution in [0.15, 0.2) is 66.0 Å². The first-order chi connectivity index (χ1) is 11.3. The molecule has 3 aromatic rings. The van der Waals surface area contributed by atoms with Crippen LogP contribution in [-0.2, 0) is 11.3 Å². The van der Waals surface area contributed by atoms with Crippen LogP contribution < -0.4 is 0 Å². The molecule has 0 radical (unpaired) electrons. The summed E-state index contributed by atoms with van der Waals surface area (Å²) in [6.07, 6.45) is 6.98. The molecular formula is C17H15N3O2S. The fraction of sp³-hybridized carbons (Fsp3) is 0.118. The maximum atomic E-state index is 12.1. The van der Waals surface area contributed by atoms with E-state index in [9.17, 15) is 4.79 Å². The van der Waals surface area contributed by atoms with Gasteiger partial charge in [-0.25, -0.2) is 14.5 Å². The van der Waals surface area contributed by atoms with Crippen molar-refractivity contribution in [1.82, 2.24) is 14.8 Å². The molecule has 0 saturated carbocycles. The molecule has 0 fully saturated rings. The highest BCUT2D eigenvalue weighted by Crippen LogP contribution is 2.15. The van der Waals surface area contributed by atoms with Crippen LogP contribution in [0.1, 0.15) is 15.9 Å². The number of nitrogens with zero attached hydrogens (tertiary/aromatic N) is 3. The minimum absolute atomic E-state index is 0.244. The summed E-state index contributed by atoms with van der Waals surface area (Å²) in [5.74, 6) is 0.262. The lowest BCUT2D eigenvalue weighted by Crippen LogP contribution is -2.07. The fourth-order valence-electron chi connectivity index (χ4n) is 2.00. The first-order valence-corrected chi connectivity index (χ1v) is 8.25. The molecule has 0 amide bonds. The van der Waals surface area contributed by atoms with E-state index < -0.39 is 5.97 Å². The largest absolute Gasteiger partial charge is 0.457 e. The van der Waals surface area contributed by atoms with Gasteiger partial charge >= 0.3 is 5.97 Å². The molecule has 3 rings (SSSR count). The average molecular weight is 325 g/mol. The van der Waals surface area contributed by atoms with Gasteiger partial charge in [-0.2, -0.15) is 5.10 Å². The van der Waals surface area contributed by atoms with Gasteiger partial charge in [0.1, 0.15) is 6.61 Å². The quantitative estimate of drug-likeness (QED) is 0.532. The van der Waals surface area contributed by atoms with Crippen molar-refractivity contribution in [1.29, 1.82) is 0 Å². The number of hydrogen-bond acceptors (Lipinski definition) is 5. The van der Waals surface area contributed by atoms with Crippen LogP contribution in [0.5, 0.6) is 0 Å². The third-order valence-corrected chi connectivity index (χ3v) is 4.00. The number of thioether (sulfide) groups is 1. The Morgan fingerprint density at radius 1 is 1.22 bits per heavy atom. The first-order valence-electron chi connectivity index (χ1n) is 7.02. The van der Waals surface area contributed by atoms with Crippen molar-refractivity contribution in [3.63, 3.8) is 0 Å². The minimum Gasteiger partial charge on any atom is -0.457 e. The molecule has 1 aromatic carbocycles. The molecule has 0 spiro atoms. The van der Waals surface area contributed by atoms with E-state index >= 15 is 0 Å². The summed E-state index contributed by atoms with van der Waals surface area (Å²) in [4.78, 5) is 17.4. The molecule has 2 heterocycles. The summed E-state index contributed by atoms with van der Waals surface area (Å²) in [7, 11) is 0. The Labute approximate surface area is 138 Å². The van der Waals surface area contributed by atoms with Crippen molar-refractivity contribution >= 4 is 17.7 Å². The number of ether oxygens (including phenoxy) is 1. The average Bonchev–Trinajstić information content (AvgIpc) is 3.15. The van der Waals surface area contributed by atoms with Crippen molar-refractivity contribution in [2.45, 2.75) is 11.5 Å². The third-order valence-electron chi connectivity index (χ3n) is 3.25. The van der Waals surface area contributed by atoms with Gasteiger partial charge < -0.3 is 4.74 Å². The molecule has 2 aromatic heterocycles. The molecule has 0 bridgehead atoms. The summed E-state index contributed by atoms with van der Waals surface area (Å²) in [5.41, 5.74) is 1.37. The summed E-state index contributed by atoms with van der Waals surface area (Å²) < 4.78 is 6.94. The lowest BCUT2D eigenvalue weighted by Gasteiger charge is -2.06. The standard InChI is InChI=1S/C17H15N3O2S/c1-23-15-6-3-13(4-7-15)12-22-17(21)14-5-8-16(18-11-14)20-10-2-9-19-20/h2-11H,12H2,1H3. The lowest BCUT2D eigenvalue weighted by atomic mass is 10.2. The van der Waals surface area contributed by atoms with Gasteiger partial charge in [0.15, 0.2) is 5.82 Å². The molecule has 0 saturated heterocycles. The van der Waals surface area contributed by atoms with Crippen molar-refractivity contribution < 1.29 is 9.53 Å². The molecule has 5 nitrogen and oxygen atoms in total. The predicted octanol–water partition coefficient (Wildman–Crippen LogP) is 3.35. The van der Waals surface area contributed by atoms with Crippen LogP contribution in [-0.4, -0.2) is 27.0 Å². The Morgan fingerprint density at radius 3 is 2.65 bits per heavy atom. The number of pyridine rings is 1. The lowest BCUT2D eigenvalue weighted by molar-refractivity contribution is 0.0472. The van der Waals surface area contributed by atoms with Crippen LogP contribution in [0.4, 0.5) is 0 Å². The van der Waals surface area contributed by atoms with E-state index in [1.54, 1.807) is 41.0 Å². The van der Waals surface area contributed by atoms with Gasteiger partial charge in [0.2, 0.25) is 0 Å². The molecule has 0 atom stereocenters. The SMILES string of the molecule is CSc1ccc(COC(=O)c2ccc(-n3cccn3)nc2)cc1. The smallest absolute Gasteiger partial charge is 0.340 e. The Balaban J connectivity index is 1.61. The van der Waals surface area contributed by atoms with Gasteiger partial charge in [-0.3, -0.25) is 0 Å². The zero-order valence-electron chi connectivity index (χ0n) is 12.5. The van der Waals surface area contributed by atoms with Gasteiger partial charge in [0, 0.05) is 23.5 Å². The van der Waals surface area contributed by atoms with Crippen molar-refractivity contribution in [2.75, 3.05) is 6.26 Å². The highest BCUT2D eigenvalue weighted by Gasteiger charge is 2.09. The van der Waals surface area contributed by atoms with Gasteiger partial charge in [-0.15, -0.1) is 11.8 Å². The van der Waals surface area contributed by atoms with Crippen LogP contribution in [0.3, 0.4) is 0 Å². The molecule has 0 N–H and O–H groups in total. The fourth-order valence-corrected chi connectivity index (χ4v) is 2.41. The zero-order chi connectivity index (χ0) is 16.1. The van der Waals surface area contributed by atoms with Crippen LogP contribution in [0.2, 0.25) is 0 Å². The van der Waals surface area contributed by atoms with Crippen molar-refractivity contribution in [3.05, 3.63) is 72.2 Å². The second kappa shape index (κ2) is 7.11. The van der Waals surface area contributed by atoms with Crippen molar-refractivity contribution in [3.8, 4) is 5.82 Å². The van der Waals surface area contributed by atoms with Gasteiger partial charge in [-0.1, -0.05) is 12.1 Å². The Kier molecular flexibility index (Phi) is 4.73. The number of carbonyl (C=O) groups excluding carboxylic acids is 1. The normalized spacial score (nSPS) is 10.5. The van der Waals surface area contributed by atoms with E-state index in [4.69, 9.17) is 4.74 Å². The number of hydrogen-bond donors (Lipinski definition) is 0. The number of rotatable bonds is 5. The number of carbonyl (C=O) groups is 1. The number of esters is 1. The van der Waals surface area contributed by atoms with Gasteiger partial charge in [-0.05, 0) is 42.2 Å². The van der Waals surface area contributed by atoms with E-state index in [-0.39, 0.29) is 6.61 Å². The van der Waals surface area contributed by atoms with Crippen LogP contribution in [0, 0.1) is 0 Å². The first kappa shape index (κ1) is 15.3. The summed E-state index contributed by atoms with van der Waals surface area (Å²) in [5, 5.41) is 4.09. The maximum absolute atomic E-state index is 12.1. The highest BCUT2D eigenvalue weighted by atomic mass is 32.2. The van der Waals surface area contributed by atoms with E-state index in [1.165, 1.54) is 11.1 Å². The molecule has 23 heavy (non-hydrogen) atoms. The Bertz CT molecular complexity index is 769. The van der Waals surface area contributed by atoms with Crippen LogP contribution >= 0.6 is 11.8 Å². The second-order valence-electron chi connectivity index (χ2n) is 4.78. The molecule has 6 heteroatoms. The molecule has 116 valence electrons. The summed E-state index contributed by atoms with van der Waals surface area (Å²) >= 11 is 1.68. The Hall–Kier alpha value is -2.60. The van der Waals surface area contributed by atoms with E-state index in [1.807, 2.05) is 36.6 Å². The minimum atomic E-state index is -0.390. The highest BCUT2D eigenvalue weighted by molar-refractivity contribution is 7.98.